The van der Waals surface area contributed by atoms with Gasteiger partial charge in [-0.1, -0.05) is 0 Å². The molecular formula is C44H30F6N4O6S2. The van der Waals surface area contributed by atoms with E-state index in [0.717, 1.165) is 24.3 Å². The van der Waals surface area contributed by atoms with E-state index in [-0.39, 0.29) is 11.4 Å². The molecule has 0 saturated heterocycles. The van der Waals surface area contributed by atoms with Crippen LogP contribution in [0.15, 0.2) is 143 Å². The van der Waals surface area contributed by atoms with Crippen LogP contribution in [-0.4, -0.2) is 26.8 Å². The van der Waals surface area contributed by atoms with Gasteiger partial charge in [0.1, 0.15) is 62.8 Å². The first-order chi connectivity index (χ1) is 29.4. The summed E-state index contributed by atoms with van der Waals surface area (Å²) in [6.07, 6.45) is 0. The van der Waals surface area contributed by atoms with E-state index in [4.69, 9.17) is 9.47 Å². The van der Waals surface area contributed by atoms with E-state index in [9.17, 15) is 43.2 Å². The molecule has 8 aromatic rings. The molecule has 0 radical (unpaired) electrons. The topological polar surface area (TPSA) is 137 Å². The Kier molecular flexibility index (Phi) is 12.1. The van der Waals surface area contributed by atoms with E-state index in [1.165, 1.54) is 72.8 Å². The molecule has 0 unspecified atom stereocenters. The summed E-state index contributed by atoms with van der Waals surface area (Å²) in [4.78, 5) is 7.47. The summed E-state index contributed by atoms with van der Waals surface area (Å²) < 4.78 is 147. The summed E-state index contributed by atoms with van der Waals surface area (Å²) in [5.41, 5.74) is 2.82. The Morgan fingerprint density at radius 2 is 0.871 bits per heavy atom. The molecule has 0 fully saturated rings. The van der Waals surface area contributed by atoms with E-state index < -0.39 is 64.7 Å². The van der Waals surface area contributed by atoms with Gasteiger partial charge in [0.2, 0.25) is 0 Å². The van der Waals surface area contributed by atoms with E-state index in [1.807, 2.05) is 0 Å². The SMILES string of the molecule is Cc1cc(Oc2ccc(NS(=O)(=O)c3cc(F)cc(F)c3)cc2)c2cc(F)ccc2n1.Cc1cc(Oc2ccc(NS(=O)(=O)c3ccc(F)cc3F)cc2)c2cc(F)ccc2n1. The van der Waals surface area contributed by atoms with Crippen LogP contribution in [0.25, 0.3) is 21.8 Å². The number of nitrogens with one attached hydrogen (secondary N) is 2. The Hall–Kier alpha value is -7.18. The third-order valence-electron chi connectivity index (χ3n) is 8.72. The lowest BCUT2D eigenvalue weighted by molar-refractivity contribution is 0.487. The van der Waals surface area contributed by atoms with Gasteiger partial charge >= 0.3 is 0 Å². The van der Waals surface area contributed by atoms with Gasteiger partial charge in [-0.15, -0.1) is 0 Å². The maximum absolute atomic E-state index is 13.8. The highest BCUT2D eigenvalue weighted by Crippen LogP contribution is 2.33. The van der Waals surface area contributed by atoms with Gasteiger partial charge in [0.15, 0.2) is 0 Å². The number of nitrogens with zero attached hydrogens (tertiary/aromatic N) is 2. The van der Waals surface area contributed by atoms with Crippen molar-refractivity contribution in [3.05, 3.63) is 180 Å². The molecule has 2 aromatic heterocycles. The second-order valence-corrected chi connectivity index (χ2v) is 16.8. The Bertz CT molecular complexity index is 3200. The molecule has 0 aliphatic carbocycles. The number of fused-ring (bicyclic) bond motifs is 2. The Labute approximate surface area is 350 Å². The zero-order valence-electron chi connectivity index (χ0n) is 32.1. The molecule has 6 aromatic carbocycles. The fraction of sp³-hybridized carbons (Fsp3) is 0.0455. The van der Waals surface area contributed by atoms with Crippen molar-refractivity contribution < 1.29 is 52.7 Å². The highest BCUT2D eigenvalue weighted by atomic mass is 32.2. The van der Waals surface area contributed by atoms with Crippen LogP contribution in [-0.2, 0) is 20.0 Å². The zero-order chi connectivity index (χ0) is 44.3. The zero-order valence-corrected chi connectivity index (χ0v) is 33.8. The molecule has 0 aliphatic rings. The Morgan fingerprint density at radius 3 is 1.32 bits per heavy atom. The fourth-order valence-corrected chi connectivity index (χ4v) is 8.21. The average Bonchev–Trinajstić information content (AvgIpc) is 3.19. The summed E-state index contributed by atoms with van der Waals surface area (Å²) in [5, 5.41) is 0.977. The van der Waals surface area contributed by atoms with Crippen molar-refractivity contribution in [2.24, 2.45) is 0 Å². The molecule has 0 amide bonds. The van der Waals surface area contributed by atoms with Gasteiger partial charge in [0.25, 0.3) is 20.0 Å². The van der Waals surface area contributed by atoms with Crippen LogP contribution in [0.1, 0.15) is 11.4 Å². The van der Waals surface area contributed by atoms with Crippen molar-refractivity contribution in [3.8, 4) is 23.0 Å². The molecular weight excluding hydrogens is 859 g/mol. The van der Waals surface area contributed by atoms with Crippen molar-refractivity contribution in [3.63, 3.8) is 0 Å². The lowest BCUT2D eigenvalue weighted by atomic mass is 10.2. The fourth-order valence-electron chi connectivity index (χ4n) is 5.99. The molecule has 0 atom stereocenters. The molecule has 2 heterocycles. The van der Waals surface area contributed by atoms with Crippen LogP contribution < -0.4 is 18.9 Å². The average molecular weight is 889 g/mol. The second kappa shape index (κ2) is 17.4. The summed E-state index contributed by atoms with van der Waals surface area (Å²) >= 11 is 0. The van der Waals surface area contributed by atoms with Crippen molar-refractivity contribution in [2.45, 2.75) is 23.6 Å². The number of ether oxygens (including phenoxy) is 2. The number of aromatic nitrogens is 2. The third-order valence-corrected chi connectivity index (χ3v) is 11.5. The lowest BCUT2D eigenvalue weighted by Gasteiger charge is -2.12. The number of benzene rings is 6. The summed E-state index contributed by atoms with van der Waals surface area (Å²) in [7, 11) is -8.44. The minimum absolute atomic E-state index is 0.151. The summed E-state index contributed by atoms with van der Waals surface area (Å²) in [5.74, 6) is -3.41. The highest BCUT2D eigenvalue weighted by molar-refractivity contribution is 7.93. The van der Waals surface area contributed by atoms with Crippen molar-refractivity contribution in [1.29, 1.82) is 0 Å². The number of anilines is 2. The van der Waals surface area contributed by atoms with Crippen LogP contribution in [0.5, 0.6) is 23.0 Å². The van der Waals surface area contributed by atoms with E-state index in [2.05, 4.69) is 19.4 Å². The Morgan fingerprint density at radius 1 is 0.452 bits per heavy atom. The quantitative estimate of drug-likeness (QED) is 0.130. The largest absolute Gasteiger partial charge is 0.457 e. The molecule has 0 aliphatic heterocycles. The minimum atomic E-state index is -4.25. The molecule has 316 valence electrons. The van der Waals surface area contributed by atoms with E-state index in [0.29, 0.717) is 68.3 Å². The van der Waals surface area contributed by atoms with Crippen molar-refractivity contribution >= 4 is 53.2 Å². The van der Waals surface area contributed by atoms with Gasteiger partial charge in [-0.3, -0.25) is 19.4 Å². The lowest BCUT2D eigenvalue weighted by Crippen LogP contribution is -2.14. The second-order valence-electron chi connectivity index (χ2n) is 13.5. The number of aryl methyl sites for hydroxylation is 2. The number of halogens is 6. The molecule has 0 saturated carbocycles. The van der Waals surface area contributed by atoms with Gasteiger partial charge in [0, 0.05) is 57.8 Å². The van der Waals surface area contributed by atoms with Crippen LogP contribution in [0, 0.1) is 48.8 Å². The predicted molar refractivity (Wildman–Crippen MR) is 220 cm³/mol. The number of hydrogen-bond acceptors (Lipinski definition) is 8. The van der Waals surface area contributed by atoms with Gasteiger partial charge < -0.3 is 9.47 Å². The third kappa shape index (κ3) is 10.2. The van der Waals surface area contributed by atoms with Crippen molar-refractivity contribution in [1.82, 2.24) is 9.97 Å². The predicted octanol–water partition coefficient (Wildman–Crippen LogP) is 11.1. The Balaban J connectivity index is 0.000000186. The number of rotatable bonds is 10. The molecule has 0 bridgehead atoms. The van der Waals surface area contributed by atoms with Crippen LogP contribution in [0.4, 0.5) is 37.7 Å². The monoisotopic (exact) mass is 888 g/mol. The first-order valence-electron chi connectivity index (χ1n) is 18.1. The van der Waals surface area contributed by atoms with Gasteiger partial charge in [-0.25, -0.2) is 43.2 Å². The standard InChI is InChI=1S/2C22H15F3N2O3S/c1-13-10-21(18-11-14(23)2-8-20(18)26-13)30-17-6-4-16(5-7-17)27-31(28,29)22-9-3-15(24)12-19(22)25;1-13-8-22(20-12-14(23)2-7-21(20)26-13)30-18-5-3-17(4-6-18)27-31(28,29)19-10-15(24)9-16(25)11-19/h2*2-12,27H,1H3. The molecule has 8 rings (SSSR count). The van der Waals surface area contributed by atoms with Crippen molar-refractivity contribution in [2.75, 3.05) is 9.44 Å². The normalized spacial score (nSPS) is 11.5. The van der Waals surface area contributed by atoms with Crippen LogP contribution in [0.3, 0.4) is 0 Å². The van der Waals surface area contributed by atoms with E-state index >= 15 is 0 Å². The van der Waals surface area contributed by atoms with Gasteiger partial charge in [-0.05, 0) is 123 Å². The first-order valence-corrected chi connectivity index (χ1v) is 21.0. The number of sulfonamides is 2. The van der Waals surface area contributed by atoms with E-state index in [1.54, 1.807) is 38.1 Å². The first kappa shape index (κ1) is 42.9. The molecule has 2 N–H and O–H groups in total. The molecule has 18 heteroatoms. The van der Waals surface area contributed by atoms with Crippen LogP contribution in [0.2, 0.25) is 0 Å². The highest BCUT2D eigenvalue weighted by Gasteiger charge is 2.20. The molecule has 62 heavy (non-hydrogen) atoms. The summed E-state index contributed by atoms with van der Waals surface area (Å²) in [6.45, 7) is 3.56. The number of hydrogen-bond donors (Lipinski definition) is 2. The summed E-state index contributed by atoms with van der Waals surface area (Å²) in [6, 6.07) is 27.6. The molecule has 10 nitrogen and oxygen atoms in total. The minimum Gasteiger partial charge on any atom is -0.457 e. The smallest absolute Gasteiger partial charge is 0.264 e. The molecule has 0 spiro atoms. The maximum atomic E-state index is 13.8. The van der Waals surface area contributed by atoms with Gasteiger partial charge in [0.05, 0.1) is 15.9 Å². The maximum Gasteiger partial charge on any atom is 0.264 e. The van der Waals surface area contributed by atoms with Crippen LogP contribution >= 0.6 is 0 Å². The van der Waals surface area contributed by atoms with Gasteiger partial charge in [-0.2, -0.15) is 0 Å². The number of pyridine rings is 2.